The van der Waals surface area contributed by atoms with Gasteiger partial charge in [0.25, 0.3) is 0 Å². The van der Waals surface area contributed by atoms with E-state index in [9.17, 15) is 9.90 Å². The third-order valence-corrected chi connectivity index (χ3v) is 5.43. The molecule has 1 aliphatic carbocycles. The van der Waals surface area contributed by atoms with E-state index >= 15 is 0 Å². The number of hydrogen-bond acceptors (Lipinski definition) is 3. The number of fused-ring (bicyclic) bond motifs is 1. The highest BCUT2D eigenvalue weighted by molar-refractivity contribution is 6.13. The molecule has 0 saturated heterocycles. The molecule has 1 N–H and O–H groups in total. The minimum atomic E-state index is 0.172. The van der Waals surface area contributed by atoms with Gasteiger partial charge in [-0.25, -0.2) is 0 Å². The second-order valence-corrected chi connectivity index (χ2v) is 8.04. The third kappa shape index (κ3) is 3.35. The molecule has 2 aromatic carbocycles. The van der Waals surface area contributed by atoms with Crippen LogP contribution < -0.4 is 0 Å². The van der Waals surface area contributed by atoms with Gasteiger partial charge in [-0.15, -0.1) is 0 Å². The minimum Gasteiger partial charge on any atom is -0.494 e. The van der Waals surface area contributed by atoms with E-state index in [4.69, 9.17) is 0 Å². The van der Waals surface area contributed by atoms with Crippen molar-refractivity contribution >= 4 is 22.4 Å². The van der Waals surface area contributed by atoms with Gasteiger partial charge in [-0.2, -0.15) is 0 Å². The highest BCUT2D eigenvalue weighted by Gasteiger charge is 2.29. The number of aliphatic imine (C=N–C) groups is 1. The average Bonchev–Trinajstić information content (AvgIpc) is 3.42. The summed E-state index contributed by atoms with van der Waals surface area (Å²) in [6.45, 7) is 8.23. The molecule has 1 aromatic heterocycles. The number of aromatic hydroxyl groups is 1. The molecule has 28 heavy (non-hydrogen) atoms. The summed E-state index contributed by atoms with van der Waals surface area (Å²) in [7, 11) is 0. The molecule has 3 aromatic rings. The molecular formula is C24H26N2O2. The predicted octanol–water partition coefficient (Wildman–Crippen LogP) is 5.05. The summed E-state index contributed by atoms with van der Waals surface area (Å²) < 4.78 is 1.89. The first-order chi connectivity index (χ1) is 13.3. The van der Waals surface area contributed by atoms with Crippen LogP contribution in [0.4, 0.5) is 0 Å². The monoisotopic (exact) mass is 374 g/mol. The maximum Gasteiger partial charge on any atom is 0.206 e. The van der Waals surface area contributed by atoms with Gasteiger partial charge in [0.05, 0.1) is 17.6 Å². The Balaban J connectivity index is 1.89. The second kappa shape index (κ2) is 6.93. The lowest BCUT2D eigenvalue weighted by atomic mass is 10.1. The van der Waals surface area contributed by atoms with E-state index in [-0.39, 0.29) is 24.1 Å². The van der Waals surface area contributed by atoms with Crippen molar-refractivity contribution in [3.8, 4) is 11.6 Å². The molecule has 0 bridgehead atoms. The number of Topliss-reactive ketones (excluding diaryl/α,β-unsaturated/α-hetero) is 1. The molecule has 0 unspecified atom stereocenters. The standard InChI is InChI=1S/C24H26N2O2/c1-14-5-8-20-21(12-14)26(19-10-15(2)9-16(3)11-19)24(28)23(20)17(4)25-13-22(27)18-6-7-18/h5,8-12,18,28H,6-7,13H2,1-4H3. The molecule has 1 fully saturated rings. The van der Waals surface area contributed by atoms with Crippen molar-refractivity contribution in [1.29, 1.82) is 0 Å². The van der Waals surface area contributed by atoms with Crippen LogP contribution in [0.1, 0.15) is 42.0 Å². The van der Waals surface area contributed by atoms with Gasteiger partial charge in [-0.05, 0) is 75.4 Å². The molecule has 4 nitrogen and oxygen atoms in total. The zero-order valence-electron chi connectivity index (χ0n) is 16.9. The van der Waals surface area contributed by atoms with Crippen LogP contribution in [-0.2, 0) is 4.79 Å². The van der Waals surface area contributed by atoms with Crippen molar-refractivity contribution in [2.45, 2.75) is 40.5 Å². The number of nitrogens with zero attached hydrogens (tertiary/aromatic N) is 2. The Labute approximate surface area is 165 Å². The summed E-state index contributed by atoms with van der Waals surface area (Å²) in [5, 5.41) is 12.1. The lowest BCUT2D eigenvalue weighted by Gasteiger charge is -2.10. The van der Waals surface area contributed by atoms with Gasteiger partial charge in [0.15, 0.2) is 5.78 Å². The second-order valence-electron chi connectivity index (χ2n) is 8.04. The lowest BCUT2D eigenvalue weighted by molar-refractivity contribution is -0.118. The van der Waals surface area contributed by atoms with Crippen LogP contribution in [0, 0.1) is 26.7 Å². The fourth-order valence-electron chi connectivity index (χ4n) is 3.89. The smallest absolute Gasteiger partial charge is 0.206 e. The van der Waals surface area contributed by atoms with Crippen LogP contribution in [0.5, 0.6) is 5.88 Å². The molecule has 4 heteroatoms. The van der Waals surface area contributed by atoms with Gasteiger partial charge in [0.1, 0.15) is 0 Å². The predicted molar refractivity (Wildman–Crippen MR) is 114 cm³/mol. The molecule has 0 radical (unpaired) electrons. The molecule has 0 amide bonds. The van der Waals surface area contributed by atoms with Crippen molar-refractivity contribution in [3.05, 3.63) is 58.7 Å². The molecule has 1 aliphatic rings. The van der Waals surface area contributed by atoms with E-state index in [0.717, 1.165) is 46.1 Å². The van der Waals surface area contributed by atoms with Crippen LogP contribution in [0.2, 0.25) is 0 Å². The van der Waals surface area contributed by atoms with E-state index in [0.29, 0.717) is 11.3 Å². The van der Waals surface area contributed by atoms with Crippen molar-refractivity contribution in [2.24, 2.45) is 10.9 Å². The Morgan fingerprint density at radius 2 is 1.75 bits per heavy atom. The number of carbonyl (C=O) groups is 1. The van der Waals surface area contributed by atoms with Crippen molar-refractivity contribution < 1.29 is 9.90 Å². The Bertz CT molecular complexity index is 1100. The highest BCUT2D eigenvalue weighted by Crippen LogP contribution is 2.36. The number of rotatable bonds is 5. The average molecular weight is 374 g/mol. The number of carbonyl (C=O) groups excluding carboxylic acids is 1. The summed E-state index contributed by atoms with van der Waals surface area (Å²) in [5.74, 6) is 0.572. The number of aromatic nitrogens is 1. The maximum atomic E-state index is 12.1. The van der Waals surface area contributed by atoms with Crippen molar-refractivity contribution in [2.75, 3.05) is 6.54 Å². The van der Waals surface area contributed by atoms with Gasteiger partial charge in [-0.1, -0.05) is 18.2 Å². The van der Waals surface area contributed by atoms with Gasteiger partial charge in [0, 0.05) is 22.7 Å². The molecule has 0 spiro atoms. The summed E-state index contributed by atoms with van der Waals surface area (Å²) in [4.78, 5) is 16.6. The Hall–Kier alpha value is -2.88. The van der Waals surface area contributed by atoms with E-state index in [1.165, 1.54) is 0 Å². The van der Waals surface area contributed by atoms with Gasteiger partial charge >= 0.3 is 0 Å². The summed E-state index contributed by atoms with van der Waals surface area (Å²) in [6.07, 6.45) is 1.98. The number of aryl methyl sites for hydroxylation is 3. The normalized spacial score (nSPS) is 14.6. The molecular weight excluding hydrogens is 348 g/mol. The maximum absolute atomic E-state index is 12.1. The Kier molecular flexibility index (Phi) is 4.58. The van der Waals surface area contributed by atoms with Crippen LogP contribution >= 0.6 is 0 Å². The summed E-state index contributed by atoms with van der Waals surface area (Å²) >= 11 is 0. The first-order valence-electron chi connectivity index (χ1n) is 9.82. The zero-order valence-corrected chi connectivity index (χ0v) is 16.9. The molecule has 144 valence electrons. The molecule has 0 atom stereocenters. The van der Waals surface area contributed by atoms with Gasteiger partial charge in [0.2, 0.25) is 5.88 Å². The van der Waals surface area contributed by atoms with Crippen LogP contribution in [0.15, 0.2) is 41.4 Å². The number of ketones is 1. The fraction of sp³-hybridized carbons (Fsp3) is 0.333. The molecule has 0 aliphatic heterocycles. The van der Waals surface area contributed by atoms with Crippen molar-refractivity contribution in [3.63, 3.8) is 0 Å². The van der Waals surface area contributed by atoms with Gasteiger partial charge < -0.3 is 5.11 Å². The van der Waals surface area contributed by atoms with Crippen LogP contribution in [-0.4, -0.2) is 27.7 Å². The third-order valence-electron chi connectivity index (χ3n) is 5.43. The number of benzene rings is 2. The van der Waals surface area contributed by atoms with E-state index in [1.54, 1.807) is 0 Å². The Morgan fingerprint density at radius 1 is 1.07 bits per heavy atom. The fourth-order valence-corrected chi connectivity index (χ4v) is 3.89. The zero-order chi connectivity index (χ0) is 20.0. The first kappa shape index (κ1) is 18.5. The van der Waals surface area contributed by atoms with E-state index < -0.39 is 0 Å². The first-order valence-corrected chi connectivity index (χ1v) is 9.82. The summed E-state index contributed by atoms with van der Waals surface area (Å²) in [5.41, 5.74) is 6.69. The largest absolute Gasteiger partial charge is 0.494 e. The topological polar surface area (TPSA) is 54.6 Å². The quantitative estimate of drug-likeness (QED) is 0.636. The van der Waals surface area contributed by atoms with Crippen LogP contribution in [0.25, 0.3) is 16.6 Å². The van der Waals surface area contributed by atoms with Crippen LogP contribution in [0.3, 0.4) is 0 Å². The highest BCUT2D eigenvalue weighted by atomic mass is 16.3. The molecule has 1 heterocycles. The minimum absolute atomic E-state index is 0.172. The number of hydrogen-bond donors (Lipinski definition) is 1. The van der Waals surface area contributed by atoms with Gasteiger partial charge in [-0.3, -0.25) is 14.4 Å². The summed E-state index contributed by atoms with van der Waals surface area (Å²) in [6, 6.07) is 12.4. The SMILES string of the molecule is CC(=NCC(=O)C1CC1)c1c(O)n(-c2cc(C)cc(C)c2)c2cc(C)ccc12. The van der Waals surface area contributed by atoms with E-state index in [1.807, 2.05) is 30.5 Å². The van der Waals surface area contributed by atoms with E-state index in [2.05, 4.69) is 43.1 Å². The molecule has 4 rings (SSSR count). The molecule has 1 saturated carbocycles. The lowest BCUT2D eigenvalue weighted by Crippen LogP contribution is -2.07. The van der Waals surface area contributed by atoms with Crippen molar-refractivity contribution in [1.82, 2.24) is 4.57 Å². The Morgan fingerprint density at radius 3 is 2.39 bits per heavy atom.